The van der Waals surface area contributed by atoms with Crippen LogP contribution >= 0.6 is 0 Å². The van der Waals surface area contributed by atoms with E-state index in [1.54, 1.807) is 6.07 Å². The topological polar surface area (TPSA) is 162 Å². The quantitative estimate of drug-likeness (QED) is 0.425. The monoisotopic (exact) mass is 654 g/mol. The number of amides is 2. The summed E-state index contributed by atoms with van der Waals surface area (Å²) in [4.78, 5) is 38.7. The van der Waals surface area contributed by atoms with Gasteiger partial charge in [0.1, 0.15) is 5.41 Å². The molecule has 10 nitrogen and oxygen atoms in total. The number of carbonyl (C=O) groups excluding carboxylic acids is 2. The van der Waals surface area contributed by atoms with E-state index in [0.29, 0.717) is 17.0 Å². The number of carboxylic acid groups (broad SMARTS) is 1. The van der Waals surface area contributed by atoms with Crippen molar-refractivity contribution < 1.29 is 58.6 Å². The molecule has 1 aromatic rings. The number of hydrogen-bond donors (Lipinski definition) is 2. The minimum absolute atomic E-state index is 0.304. The average molecular weight is 655 g/mol. The van der Waals surface area contributed by atoms with Crippen LogP contribution in [0.25, 0.3) is 0 Å². The summed E-state index contributed by atoms with van der Waals surface area (Å²) in [5, 5.41) is 18.1. The van der Waals surface area contributed by atoms with Gasteiger partial charge in [-0.1, -0.05) is 0 Å². The van der Waals surface area contributed by atoms with Crippen molar-refractivity contribution in [2.24, 2.45) is 28.4 Å². The zero-order chi connectivity index (χ0) is 32.8. The van der Waals surface area contributed by atoms with Gasteiger partial charge in [-0.05, 0) is 37.5 Å². The van der Waals surface area contributed by atoms with Gasteiger partial charge in [0.05, 0.1) is 52.7 Å². The highest BCUT2D eigenvalue weighted by Gasteiger charge is 2.76. The van der Waals surface area contributed by atoms with E-state index in [0.717, 1.165) is 11.0 Å². The number of nitriles is 1. The maximum atomic E-state index is 14.2. The Kier molecular flexibility index (Phi) is 7.00. The van der Waals surface area contributed by atoms with Crippen molar-refractivity contribution in [3.8, 4) is 6.07 Å². The molecule has 4 aliphatic rings. The van der Waals surface area contributed by atoms with Crippen LogP contribution in [0.15, 0.2) is 23.1 Å². The van der Waals surface area contributed by atoms with Crippen molar-refractivity contribution in [2.45, 2.75) is 53.9 Å². The van der Waals surface area contributed by atoms with E-state index in [2.05, 4.69) is 0 Å². The number of aliphatic carboxylic acids is 1. The summed E-state index contributed by atoms with van der Waals surface area (Å²) < 4.78 is 125. The number of primary amides is 1. The van der Waals surface area contributed by atoms with Gasteiger partial charge in [-0.15, -0.1) is 0 Å². The largest absolute Gasteiger partial charge is 0.481 e. The van der Waals surface area contributed by atoms with Crippen LogP contribution < -0.4 is 10.6 Å². The van der Waals surface area contributed by atoms with Gasteiger partial charge in [0.25, 0.3) is 11.8 Å². The Hall–Kier alpha value is -3.62. The molecule has 5 unspecified atom stereocenters. The van der Waals surface area contributed by atoms with Crippen LogP contribution in [0.1, 0.15) is 31.2 Å². The normalized spacial score (nSPS) is 32.5. The predicted molar refractivity (Wildman–Crippen MR) is 134 cm³/mol. The number of halogens is 7. The number of alkyl halides is 7. The number of anilines is 1. The second kappa shape index (κ2) is 9.69. The third kappa shape index (κ3) is 4.83. The third-order valence-corrected chi connectivity index (χ3v) is 11.5. The summed E-state index contributed by atoms with van der Waals surface area (Å²) in [5.74, 6) is -14.2. The highest BCUT2D eigenvalue weighted by atomic mass is 32.2. The molecule has 0 spiro atoms. The van der Waals surface area contributed by atoms with E-state index in [9.17, 15) is 63.9 Å². The number of benzene rings is 1. The van der Waals surface area contributed by atoms with Crippen LogP contribution in [0, 0.1) is 34.0 Å². The first-order chi connectivity index (χ1) is 20.1. The molecule has 2 saturated heterocycles. The van der Waals surface area contributed by atoms with Crippen LogP contribution in [0.2, 0.25) is 0 Å². The maximum absolute atomic E-state index is 14.2. The summed E-state index contributed by atoms with van der Waals surface area (Å²) in [7, 11) is -5.16. The molecule has 0 bridgehead atoms. The van der Waals surface area contributed by atoms with Crippen LogP contribution in [-0.2, 0) is 30.4 Å². The molecule has 5 rings (SSSR count). The fourth-order valence-electron chi connectivity index (χ4n) is 6.95. The molecule has 2 aliphatic heterocycles. The SMILES string of the molecule is N#CC1(C(N)=O)CC1C1(C(=O)O)CC(S(=O)(=O)c2ccc(N3CCC(F)(F)C3)cc2C(F)(F)F)CC1C(=O)N1CC(F)(F)C1. The lowest BCUT2D eigenvalue weighted by Gasteiger charge is -2.42. The second-order valence-electron chi connectivity index (χ2n) is 12.0. The first-order valence-corrected chi connectivity index (χ1v) is 14.8. The number of nitrogens with zero attached hydrogens (tertiary/aromatic N) is 3. The summed E-state index contributed by atoms with van der Waals surface area (Å²) in [5.41, 5.74) is -1.36. The van der Waals surface area contributed by atoms with Crippen molar-refractivity contribution in [3.63, 3.8) is 0 Å². The Morgan fingerprint density at radius 3 is 2.14 bits per heavy atom. The molecule has 18 heteroatoms. The van der Waals surface area contributed by atoms with Gasteiger partial charge in [0.2, 0.25) is 11.8 Å². The second-order valence-corrected chi connectivity index (χ2v) is 14.2. The average Bonchev–Trinajstić information content (AvgIpc) is 3.35. The van der Waals surface area contributed by atoms with Gasteiger partial charge in [0.15, 0.2) is 9.84 Å². The van der Waals surface area contributed by atoms with Crippen molar-refractivity contribution in [1.82, 2.24) is 4.90 Å². The Labute approximate surface area is 245 Å². The first kappa shape index (κ1) is 31.8. The van der Waals surface area contributed by atoms with E-state index in [1.165, 1.54) is 0 Å². The van der Waals surface area contributed by atoms with Crippen LogP contribution in [0.4, 0.5) is 36.4 Å². The lowest BCUT2D eigenvalue weighted by molar-refractivity contribution is -0.177. The molecule has 2 heterocycles. The fraction of sp³-hybridized carbons (Fsp3) is 0.615. The number of carbonyl (C=O) groups is 3. The summed E-state index contributed by atoms with van der Waals surface area (Å²) in [6.45, 7) is -3.44. The van der Waals surface area contributed by atoms with Crippen LogP contribution in [0.5, 0.6) is 0 Å². The molecule has 240 valence electrons. The van der Waals surface area contributed by atoms with Gasteiger partial charge in [-0.2, -0.15) is 18.4 Å². The molecule has 0 radical (unpaired) electrons. The fourth-order valence-corrected chi connectivity index (χ4v) is 8.99. The van der Waals surface area contributed by atoms with Crippen molar-refractivity contribution in [3.05, 3.63) is 23.8 Å². The lowest BCUT2D eigenvalue weighted by atomic mass is 9.70. The van der Waals surface area contributed by atoms with Crippen molar-refractivity contribution >= 4 is 33.3 Å². The number of nitrogens with two attached hydrogens (primary N) is 1. The Bertz CT molecular complexity index is 1590. The summed E-state index contributed by atoms with van der Waals surface area (Å²) in [6.07, 6.45) is -8.39. The lowest BCUT2D eigenvalue weighted by Crippen LogP contribution is -2.61. The number of rotatable bonds is 7. The van der Waals surface area contributed by atoms with Gasteiger partial charge in [0, 0.05) is 24.6 Å². The Morgan fingerprint density at radius 2 is 1.68 bits per heavy atom. The van der Waals surface area contributed by atoms with E-state index >= 15 is 0 Å². The highest BCUT2D eigenvalue weighted by molar-refractivity contribution is 7.92. The molecule has 2 saturated carbocycles. The van der Waals surface area contributed by atoms with E-state index in [4.69, 9.17) is 5.73 Å². The van der Waals surface area contributed by atoms with E-state index in [-0.39, 0.29) is 12.2 Å². The maximum Gasteiger partial charge on any atom is 0.417 e. The third-order valence-electron chi connectivity index (χ3n) is 9.31. The molecule has 44 heavy (non-hydrogen) atoms. The number of sulfone groups is 1. The van der Waals surface area contributed by atoms with Gasteiger partial charge in [-0.3, -0.25) is 14.4 Å². The van der Waals surface area contributed by atoms with E-state index < -0.39 is 129 Å². The molecular weight excluding hydrogens is 629 g/mol. The van der Waals surface area contributed by atoms with E-state index in [1.807, 2.05) is 0 Å². The van der Waals surface area contributed by atoms with Crippen molar-refractivity contribution in [1.29, 1.82) is 5.26 Å². The molecule has 4 fully saturated rings. The molecule has 3 N–H and O–H groups in total. The highest BCUT2D eigenvalue weighted by Crippen LogP contribution is 2.68. The molecule has 5 atom stereocenters. The minimum Gasteiger partial charge on any atom is -0.481 e. The molecule has 0 aromatic heterocycles. The number of likely N-dealkylation sites (tertiary alicyclic amines) is 1. The van der Waals surface area contributed by atoms with Crippen molar-refractivity contribution in [2.75, 3.05) is 31.1 Å². The Morgan fingerprint density at radius 1 is 1.05 bits per heavy atom. The molecule has 2 amide bonds. The van der Waals surface area contributed by atoms with Gasteiger partial charge < -0.3 is 20.6 Å². The molecule has 1 aromatic carbocycles. The van der Waals surface area contributed by atoms with Gasteiger partial charge >= 0.3 is 12.1 Å². The summed E-state index contributed by atoms with van der Waals surface area (Å²) in [6, 6.07) is 3.47. The number of carboxylic acids is 1. The van der Waals surface area contributed by atoms with Gasteiger partial charge in [-0.25, -0.2) is 26.0 Å². The zero-order valence-electron chi connectivity index (χ0n) is 22.6. The van der Waals surface area contributed by atoms with Crippen LogP contribution in [0.3, 0.4) is 0 Å². The molecular formula is C26H25F7N4O6S. The molecule has 2 aliphatic carbocycles. The standard InChI is InChI=1S/C26H25F7N4O6S/c27-23(28)3-4-36(10-23)13-1-2-17(15(5-13)26(31,32)33)44(42,43)14-6-16(19(38)37-11-24(29,30)12-37)25(7-14,21(40)41)18-8-22(18,9-34)20(35)39/h1-2,5,14,16,18H,3-4,6-8,10-12H2,(H2,35,39)(H,40,41). The Balaban J connectivity index is 1.58. The minimum atomic E-state index is -5.32. The predicted octanol–water partition coefficient (Wildman–Crippen LogP) is 2.67. The number of hydrogen-bond acceptors (Lipinski definition) is 7. The zero-order valence-corrected chi connectivity index (χ0v) is 23.4. The smallest absolute Gasteiger partial charge is 0.417 e. The first-order valence-electron chi connectivity index (χ1n) is 13.3. The van der Waals surface area contributed by atoms with Crippen LogP contribution in [-0.4, -0.2) is 79.5 Å². The summed E-state index contributed by atoms with van der Waals surface area (Å²) >= 11 is 0.